The van der Waals surface area contributed by atoms with Crippen LogP contribution in [0, 0.1) is 5.41 Å². The van der Waals surface area contributed by atoms with E-state index < -0.39 is 0 Å². The van der Waals surface area contributed by atoms with Crippen LogP contribution in [0.3, 0.4) is 0 Å². The van der Waals surface area contributed by atoms with Gasteiger partial charge in [-0.1, -0.05) is 39.5 Å². The van der Waals surface area contributed by atoms with Crippen molar-refractivity contribution in [2.45, 2.75) is 78.2 Å². The maximum Gasteiger partial charge on any atom is 0.230 e. The third-order valence-electron chi connectivity index (χ3n) is 4.62. The lowest BCUT2D eigenvalue weighted by molar-refractivity contribution is -0.144. The number of likely N-dealkylation sites (tertiary alicyclic amines) is 1. The van der Waals surface area contributed by atoms with Gasteiger partial charge in [0, 0.05) is 19.1 Å². The summed E-state index contributed by atoms with van der Waals surface area (Å²) in [5.41, 5.74) is 5.72. The van der Waals surface area contributed by atoms with Crippen molar-refractivity contribution in [2.75, 3.05) is 13.1 Å². The molecular formula is C16H32N2O. The molecule has 3 heteroatoms. The minimum absolute atomic E-state index is 0.303. The van der Waals surface area contributed by atoms with E-state index in [2.05, 4.69) is 25.7 Å². The van der Waals surface area contributed by atoms with E-state index >= 15 is 0 Å². The predicted octanol–water partition coefficient (Wildman–Crippen LogP) is 3.32. The summed E-state index contributed by atoms with van der Waals surface area (Å²) >= 11 is 0. The van der Waals surface area contributed by atoms with E-state index in [1.54, 1.807) is 0 Å². The van der Waals surface area contributed by atoms with Crippen molar-refractivity contribution in [3.63, 3.8) is 0 Å². The Balaban J connectivity index is 2.89. The molecule has 19 heavy (non-hydrogen) atoms. The molecule has 1 aliphatic heterocycles. The first-order valence-electron chi connectivity index (χ1n) is 8.12. The normalized spacial score (nSPS) is 21.3. The minimum Gasteiger partial charge on any atom is -0.339 e. The second kappa shape index (κ2) is 7.88. The van der Waals surface area contributed by atoms with Gasteiger partial charge in [0.05, 0.1) is 5.41 Å². The molecule has 0 aromatic carbocycles. The minimum atomic E-state index is -0.303. The van der Waals surface area contributed by atoms with Crippen molar-refractivity contribution >= 4 is 5.91 Å². The summed E-state index contributed by atoms with van der Waals surface area (Å²) in [6, 6.07) is 0.384. The van der Waals surface area contributed by atoms with Gasteiger partial charge < -0.3 is 10.6 Å². The first-order valence-corrected chi connectivity index (χ1v) is 8.12. The van der Waals surface area contributed by atoms with Gasteiger partial charge in [0.25, 0.3) is 0 Å². The Labute approximate surface area is 118 Å². The zero-order valence-electron chi connectivity index (χ0n) is 13.1. The average molecular weight is 268 g/mol. The average Bonchev–Trinajstić information content (AvgIpc) is 2.62. The number of carbonyl (C=O) groups excluding carboxylic acids is 1. The van der Waals surface area contributed by atoms with Crippen molar-refractivity contribution in [1.29, 1.82) is 0 Å². The Kier molecular flexibility index (Phi) is 6.84. The molecule has 0 aliphatic carbocycles. The van der Waals surface area contributed by atoms with E-state index in [-0.39, 0.29) is 5.41 Å². The first kappa shape index (κ1) is 16.5. The van der Waals surface area contributed by atoms with E-state index in [0.717, 1.165) is 45.1 Å². The van der Waals surface area contributed by atoms with Crippen LogP contribution < -0.4 is 5.73 Å². The molecule has 0 aromatic rings. The lowest BCUT2D eigenvalue weighted by Crippen LogP contribution is -2.51. The van der Waals surface area contributed by atoms with Crippen molar-refractivity contribution in [1.82, 2.24) is 4.90 Å². The van der Waals surface area contributed by atoms with Gasteiger partial charge in [0.2, 0.25) is 5.91 Å². The van der Waals surface area contributed by atoms with Crippen LogP contribution in [-0.4, -0.2) is 29.9 Å². The first-order chi connectivity index (χ1) is 9.11. The number of nitrogens with two attached hydrogens (primary N) is 1. The molecule has 0 saturated carbocycles. The van der Waals surface area contributed by atoms with E-state index in [1.807, 2.05) is 0 Å². The Hall–Kier alpha value is -0.570. The second-order valence-corrected chi connectivity index (χ2v) is 6.18. The maximum atomic E-state index is 13.0. The molecule has 1 atom stereocenters. The number of hydrogen-bond donors (Lipinski definition) is 1. The molecule has 2 N–H and O–H groups in total. The van der Waals surface area contributed by atoms with Crippen molar-refractivity contribution < 1.29 is 4.79 Å². The zero-order chi connectivity index (χ0) is 14.3. The molecule has 112 valence electrons. The van der Waals surface area contributed by atoms with Gasteiger partial charge in [-0.25, -0.2) is 0 Å². The van der Waals surface area contributed by atoms with E-state index in [0.29, 0.717) is 18.5 Å². The summed E-state index contributed by atoms with van der Waals surface area (Å²) in [5.74, 6) is 0.327. The van der Waals surface area contributed by atoms with Gasteiger partial charge in [0.1, 0.15) is 0 Å². The number of amides is 1. The fraction of sp³-hybridized carbons (Fsp3) is 0.938. The Morgan fingerprint density at radius 2 is 1.84 bits per heavy atom. The molecule has 0 aromatic heterocycles. The molecule has 1 aliphatic rings. The number of rotatable bonds is 6. The van der Waals surface area contributed by atoms with Crippen LogP contribution >= 0.6 is 0 Å². The van der Waals surface area contributed by atoms with E-state index in [9.17, 15) is 4.79 Å². The Morgan fingerprint density at radius 1 is 1.21 bits per heavy atom. The Bertz CT molecular complexity index is 272. The summed E-state index contributed by atoms with van der Waals surface area (Å²) < 4.78 is 0. The van der Waals surface area contributed by atoms with Gasteiger partial charge in [-0.2, -0.15) is 0 Å². The summed E-state index contributed by atoms with van der Waals surface area (Å²) in [4.78, 5) is 15.2. The molecule has 0 spiro atoms. The highest BCUT2D eigenvalue weighted by Crippen LogP contribution is 2.33. The highest BCUT2D eigenvalue weighted by Gasteiger charge is 2.39. The Morgan fingerprint density at radius 3 is 2.37 bits per heavy atom. The SMILES string of the molecule is CCCC(CN)(CCC)C(=O)N1CCCCCC1C. The van der Waals surface area contributed by atoms with Crippen LogP contribution in [0.15, 0.2) is 0 Å². The van der Waals surface area contributed by atoms with Crippen molar-refractivity contribution in [3.05, 3.63) is 0 Å². The lowest BCUT2D eigenvalue weighted by Gasteiger charge is -2.38. The van der Waals surface area contributed by atoms with Gasteiger partial charge in [-0.3, -0.25) is 4.79 Å². The van der Waals surface area contributed by atoms with Crippen LogP contribution in [0.2, 0.25) is 0 Å². The van der Waals surface area contributed by atoms with Gasteiger partial charge in [0.15, 0.2) is 0 Å². The molecule has 1 rings (SSSR count). The molecule has 0 radical (unpaired) electrons. The van der Waals surface area contributed by atoms with Crippen molar-refractivity contribution in [2.24, 2.45) is 11.1 Å². The lowest BCUT2D eigenvalue weighted by atomic mass is 9.77. The van der Waals surface area contributed by atoms with Crippen LogP contribution in [0.4, 0.5) is 0 Å². The second-order valence-electron chi connectivity index (χ2n) is 6.18. The topological polar surface area (TPSA) is 46.3 Å². The van der Waals surface area contributed by atoms with Crippen molar-refractivity contribution in [3.8, 4) is 0 Å². The van der Waals surface area contributed by atoms with E-state index in [1.165, 1.54) is 12.8 Å². The third-order valence-corrected chi connectivity index (χ3v) is 4.62. The fourth-order valence-corrected chi connectivity index (χ4v) is 3.47. The highest BCUT2D eigenvalue weighted by molar-refractivity contribution is 5.83. The van der Waals surface area contributed by atoms with Gasteiger partial charge in [-0.05, 0) is 32.6 Å². The molecule has 3 nitrogen and oxygen atoms in total. The maximum absolute atomic E-state index is 13.0. The molecule has 1 amide bonds. The molecule has 0 bridgehead atoms. The number of carbonyl (C=O) groups is 1. The van der Waals surface area contributed by atoms with Crippen LogP contribution in [0.1, 0.15) is 72.1 Å². The van der Waals surface area contributed by atoms with Gasteiger partial charge >= 0.3 is 0 Å². The quantitative estimate of drug-likeness (QED) is 0.803. The van der Waals surface area contributed by atoms with Crippen LogP contribution in [0.5, 0.6) is 0 Å². The van der Waals surface area contributed by atoms with Crippen LogP contribution in [-0.2, 0) is 4.79 Å². The largest absolute Gasteiger partial charge is 0.339 e. The van der Waals surface area contributed by atoms with E-state index in [4.69, 9.17) is 5.73 Å². The highest BCUT2D eigenvalue weighted by atomic mass is 16.2. The van der Waals surface area contributed by atoms with Crippen LogP contribution in [0.25, 0.3) is 0 Å². The molecule has 1 fully saturated rings. The van der Waals surface area contributed by atoms with Gasteiger partial charge in [-0.15, -0.1) is 0 Å². The number of hydrogen-bond acceptors (Lipinski definition) is 2. The zero-order valence-corrected chi connectivity index (χ0v) is 13.1. The predicted molar refractivity (Wildman–Crippen MR) is 80.9 cm³/mol. The summed E-state index contributed by atoms with van der Waals surface area (Å²) in [5, 5.41) is 0. The standard InChI is InChI=1S/C16H32N2O/c1-4-10-16(13-17,11-5-2)15(19)18-12-8-6-7-9-14(18)3/h14H,4-13,17H2,1-3H3. The third kappa shape index (κ3) is 3.95. The summed E-state index contributed by atoms with van der Waals surface area (Å²) in [7, 11) is 0. The number of nitrogens with zero attached hydrogens (tertiary/aromatic N) is 1. The fourth-order valence-electron chi connectivity index (χ4n) is 3.47. The smallest absolute Gasteiger partial charge is 0.230 e. The summed E-state index contributed by atoms with van der Waals surface area (Å²) in [6.45, 7) is 7.92. The monoisotopic (exact) mass is 268 g/mol. The molecular weight excluding hydrogens is 236 g/mol. The molecule has 1 unspecified atom stereocenters. The molecule has 1 saturated heterocycles. The molecule has 1 heterocycles. The summed E-state index contributed by atoms with van der Waals surface area (Å²) in [6.07, 6.45) is 8.72.